The summed E-state index contributed by atoms with van der Waals surface area (Å²) in [7, 11) is 2.69. The van der Waals surface area contributed by atoms with Gasteiger partial charge in [0.05, 0.1) is 6.10 Å². The molecule has 1 aromatic rings. The predicted molar refractivity (Wildman–Crippen MR) is 48.6 cm³/mol. The quantitative estimate of drug-likeness (QED) is 0.579. The predicted octanol–water partition coefficient (Wildman–Crippen LogP) is 1.52. The van der Waals surface area contributed by atoms with Crippen LogP contribution in [0.4, 0.5) is 0 Å². The third-order valence-corrected chi connectivity index (χ3v) is 3.06. The molecule has 1 N–H and O–H groups in total. The maximum atomic E-state index is 9.50. The summed E-state index contributed by atoms with van der Waals surface area (Å²) < 4.78 is 0. The lowest BCUT2D eigenvalue weighted by molar-refractivity contribution is 0.183. The van der Waals surface area contributed by atoms with E-state index in [1.807, 2.05) is 12.1 Å². The van der Waals surface area contributed by atoms with Crippen LogP contribution in [0, 0.1) is 0 Å². The number of aliphatic hydroxyl groups is 1. The number of hydrogen-bond donors (Lipinski definition) is 1. The molecule has 0 aromatic heterocycles. The zero-order chi connectivity index (χ0) is 7.84. The second-order valence-corrected chi connectivity index (χ2v) is 3.71. The van der Waals surface area contributed by atoms with Crippen molar-refractivity contribution in [2.45, 2.75) is 18.2 Å². The van der Waals surface area contributed by atoms with Gasteiger partial charge in [0.1, 0.15) is 0 Å². The van der Waals surface area contributed by atoms with E-state index in [1.54, 1.807) is 0 Å². The van der Waals surface area contributed by atoms with Crippen LogP contribution in [0.25, 0.3) is 0 Å². The largest absolute Gasteiger partial charge is 0.392 e. The fourth-order valence-corrected chi connectivity index (χ4v) is 2.07. The highest BCUT2D eigenvalue weighted by Gasteiger charge is 2.26. The van der Waals surface area contributed by atoms with Crippen LogP contribution in [0.1, 0.15) is 16.8 Å². The lowest BCUT2D eigenvalue weighted by Gasteiger charge is -2.07. The Kier molecular flexibility index (Phi) is 1.71. The van der Waals surface area contributed by atoms with E-state index in [4.69, 9.17) is 0 Å². The Morgan fingerprint density at radius 1 is 1.36 bits per heavy atom. The molecule has 1 aliphatic carbocycles. The zero-order valence-corrected chi connectivity index (χ0v) is 7.35. The molecule has 0 fully saturated rings. The van der Waals surface area contributed by atoms with Crippen LogP contribution in [-0.2, 0) is 6.42 Å². The lowest BCUT2D eigenvalue weighted by atomic mass is 10.1. The first-order chi connectivity index (χ1) is 5.29. The Morgan fingerprint density at radius 3 is 2.82 bits per heavy atom. The van der Waals surface area contributed by atoms with Gasteiger partial charge < -0.3 is 5.11 Å². The molecule has 58 valence electrons. The molecule has 0 radical (unpaired) electrons. The molecule has 0 heterocycles. The molecule has 0 amide bonds. The van der Waals surface area contributed by atoms with Crippen molar-refractivity contribution in [2.75, 3.05) is 0 Å². The van der Waals surface area contributed by atoms with Gasteiger partial charge in [-0.3, -0.25) is 0 Å². The topological polar surface area (TPSA) is 20.2 Å². The minimum atomic E-state index is -0.197. The van der Waals surface area contributed by atoms with E-state index >= 15 is 0 Å². The summed E-state index contributed by atoms with van der Waals surface area (Å²) in [6.45, 7) is 0. The summed E-state index contributed by atoms with van der Waals surface area (Å²) in [5, 5.41) is 9.50. The van der Waals surface area contributed by atoms with Gasteiger partial charge in [0.2, 0.25) is 0 Å². The summed E-state index contributed by atoms with van der Waals surface area (Å²) in [5.41, 5.74) is 2.82. The van der Waals surface area contributed by atoms with E-state index in [9.17, 15) is 5.11 Å². The monoisotopic (exact) mass is 166 g/mol. The van der Waals surface area contributed by atoms with Crippen LogP contribution in [0.3, 0.4) is 0 Å². The number of benzene rings is 1. The Labute approximate surface area is 68.6 Å². The minimum Gasteiger partial charge on any atom is -0.392 e. The summed E-state index contributed by atoms with van der Waals surface area (Å²) in [6.07, 6.45) is 0.613. The molecule has 0 saturated carbocycles. The van der Waals surface area contributed by atoms with E-state index in [0.717, 1.165) is 6.42 Å². The number of rotatable bonds is 0. The van der Waals surface area contributed by atoms with E-state index in [2.05, 4.69) is 21.4 Å². The molecular formula is C9H11OP. The van der Waals surface area contributed by atoms with Crippen LogP contribution < -0.4 is 0 Å². The smallest absolute Gasteiger partial charge is 0.0683 e. The zero-order valence-electron chi connectivity index (χ0n) is 6.20. The average Bonchev–Trinajstić information content (AvgIpc) is 2.30. The van der Waals surface area contributed by atoms with Gasteiger partial charge in [-0.15, -0.1) is 9.24 Å². The van der Waals surface area contributed by atoms with Crippen molar-refractivity contribution in [3.05, 3.63) is 35.4 Å². The van der Waals surface area contributed by atoms with Crippen LogP contribution in [0.2, 0.25) is 0 Å². The van der Waals surface area contributed by atoms with Gasteiger partial charge in [0.25, 0.3) is 0 Å². The highest BCUT2D eigenvalue weighted by molar-refractivity contribution is 7.17. The van der Waals surface area contributed by atoms with Gasteiger partial charge in [-0.1, -0.05) is 24.3 Å². The SMILES string of the molecule is O[C@H]1Cc2ccccc2[C@H]1P. The molecule has 0 aliphatic heterocycles. The van der Waals surface area contributed by atoms with Crippen LogP contribution in [0.5, 0.6) is 0 Å². The number of fused-ring (bicyclic) bond motifs is 1. The molecule has 0 spiro atoms. The van der Waals surface area contributed by atoms with Crippen molar-refractivity contribution in [1.82, 2.24) is 0 Å². The summed E-state index contributed by atoms with van der Waals surface area (Å²) in [5.74, 6) is 0. The van der Waals surface area contributed by atoms with Gasteiger partial charge in [-0.2, -0.15) is 0 Å². The van der Waals surface area contributed by atoms with Crippen molar-refractivity contribution in [1.29, 1.82) is 0 Å². The molecule has 2 heteroatoms. The molecule has 1 aliphatic rings. The molecule has 1 nitrogen and oxygen atoms in total. The van der Waals surface area contributed by atoms with E-state index in [0.29, 0.717) is 0 Å². The summed E-state index contributed by atoms with van der Waals surface area (Å²) >= 11 is 0. The van der Waals surface area contributed by atoms with Crippen molar-refractivity contribution in [3.63, 3.8) is 0 Å². The summed E-state index contributed by atoms with van der Waals surface area (Å²) in [4.78, 5) is 0. The number of hydrogen-bond acceptors (Lipinski definition) is 1. The highest BCUT2D eigenvalue weighted by atomic mass is 31.0. The molecule has 3 atom stereocenters. The maximum absolute atomic E-state index is 9.50. The van der Waals surface area contributed by atoms with Gasteiger partial charge in [0.15, 0.2) is 0 Å². The Balaban J connectivity index is 2.47. The first kappa shape index (κ1) is 7.27. The molecule has 2 rings (SSSR count). The second-order valence-electron chi connectivity index (χ2n) is 3.00. The first-order valence-electron chi connectivity index (χ1n) is 3.80. The standard InChI is InChI=1S/C9H11OP/c10-8-5-6-3-1-2-4-7(6)9(8)11/h1-4,8-10H,5,11H2/t8-,9+/m0/s1. The molecule has 1 aromatic carbocycles. The van der Waals surface area contributed by atoms with Gasteiger partial charge in [-0.25, -0.2) is 0 Å². The minimum absolute atomic E-state index is 0.197. The van der Waals surface area contributed by atoms with Gasteiger partial charge in [-0.05, 0) is 17.5 Å². The van der Waals surface area contributed by atoms with Crippen molar-refractivity contribution in [2.24, 2.45) is 0 Å². The van der Waals surface area contributed by atoms with Crippen molar-refractivity contribution >= 4 is 9.24 Å². The third-order valence-electron chi connectivity index (χ3n) is 2.26. The molecule has 11 heavy (non-hydrogen) atoms. The molecule has 0 saturated heterocycles. The summed E-state index contributed by atoms with van der Waals surface area (Å²) in [6, 6.07) is 8.22. The fourth-order valence-electron chi connectivity index (χ4n) is 1.60. The fraction of sp³-hybridized carbons (Fsp3) is 0.333. The van der Waals surface area contributed by atoms with E-state index < -0.39 is 0 Å². The Hall–Kier alpha value is -0.390. The van der Waals surface area contributed by atoms with Gasteiger partial charge >= 0.3 is 0 Å². The van der Waals surface area contributed by atoms with Crippen LogP contribution in [0.15, 0.2) is 24.3 Å². The lowest BCUT2D eigenvalue weighted by Crippen LogP contribution is -2.06. The molecule has 0 bridgehead atoms. The Bertz CT molecular complexity index is 272. The molecule has 1 unspecified atom stereocenters. The van der Waals surface area contributed by atoms with Crippen LogP contribution in [-0.4, -0.2) is 11.2 Å². The van der Waals surface area contributed by atoms with E-state index in [1.165, 1.54) is 11.1 Å². The van der Waals surface area contributed by atoms with Crippen LogP contribution >= 0.6 is 9.24 Å². The normalized spacial score (nSPS) is 28.5. The number of aliphatic hydroxyl groups excluding tert-OH is 1. The third kappa shape index (κ3) is 1.09. The van der Waals surface area contributed by atoms with Gasteiger partial charge in [0, 0.05) is 5.66 Å². The first-order valence-corrected chi connectivity index (χ1v) is 4.47. The average molecular weight is 166 g/mol. The van der Waals surface area contributed by atoms with E-state index in [-0.39, 0.29) is 11.8 Å². The van der Waals surface area contributed by atoms with Crippen molar-refractivity contribution < 1.29 is 5.11 Å². The second kappa shape index (κ2) is 2.58. The Morgan fingerprint density at radius 2 is 2.09 bits per heavy atom. The molecular weight excluding hydrogens is 155 g/mol. The maximum Gasteiger partial charge on any atom is 0.0683 e. The van der Waals surface area contributed by atoms with Crippen molar-refractivity contribution in [3.8, 4) is 0 Å². The highest BCUT2D eigenvalue weighted by Crippen LogP contribution is 2.37.